The number of aliphatic imine (C=N–C) groups is 1. The van der Waals surface area contributed by atoms with Gasteiger partial charge in [-0.1, -0.05) is 39.5 Å². The maximum atomic E-state index is 10.9. The topological polar surface area (TPSA) is 82.6 Å². The lowest BCUT2D eigenvalue weighted by atomic mass is 10.0. The molecule has 0 aromatic carbocycles. The lowest BCUT2D eigenvalue weighted by Gasteiger charge is -2.12. The Morgan fingerprint density at radius 1 is 0.957 bits per heavy atom. The number of hydrogen-bond donors (Lipinski definition) is 3. The zero-order valence-electron chi connectivity index (χ0n) is 15.0. The summed E-state index contributed by atoms with van der Waals surface area (Å²) in [7, 11) is -1.34. The maximum Gasteiger partial charge on any atom is 0.208 e. The number of halogens is 1. The van der Waals surface area contributed by atoms with Crippen LogP contribution in [0.5, 0.6) is 0 Å². The highest BCUT2D eigenvalue weighted by Crippen LogP contribution is 2.08. The van der Waals surface area contributed by atoms with Crippen LogP contribution >= 0.6 is 24.0 Å². The molecule has 3 N–H and O–H groups in total. The van der Waals surface area contributed by atoms with E-state index in [1.165, 1.54) is 31.9 Å². The molecular formula is C15H35IN4O2S. The summed E-state index contributed by atoms with van der Waals surface area (Å²) in [5.41, 5.74) is 0. The zero-order valence-corrected chi connectivity index (χ0v) is 18.2. The number of nitrogens with one attached hydrogen (secondary N) is 3. The van der Waals surface area contributed by atoms with Gasteiger partial charge in [0.2, 0.25) is 10.0 Å². The van der Waals surface area contributed by atoms with Crippen LogP contribution in [0.15, 0.2) is 4.99 Å². The minimum atomic E-state index is -3.08. The summed E-state index contributed by atoms with van der Waals surface area (Å²) >= 11 is 0. The highest BCUT2D eigenvalue weighted by Gasteiger charge is 2.00. The van der Waals surface area contributed by atoms with Gasteiger partial charge in [0.15, 0.2) is 5.96 Å². The third-order valence-corrected chi connectivity index (χ3v) is 3.96. The Morgan fingerprint density at radius 3 is 2.04 bits per heavy atom. The average molecular weight is 462 g/mol. The van der Waals surface area contributed by atoms with Crippen LogP contribution in [0.4, 0.5) is 0 Å². The van der Waals surface area contributed by atoms with Crippen LogP contribution < -0.4 is 15.4 Å². The first kappa shape index (κ1) is 25.2. The van der Waals surface area contributed by atoms with Crippen LogP contribution in [-0.4, -0.2) is 47.3 Å². The van der Waals surface area contributed by atoms with Gasteiger partial charge < -0.3 is 10.6 Å². The van der Waals surface area contributed by atoms with E-state index in [1.54, 1.807) is 7.05 Å². The van der Waals surface area contributed by atoms with Crippen molar-refractivity contribution in [3.05, 3.63) is 0 Å². The molecule has 0 spiro atoms. The predicted molar refractivity (Wildman–Crippen MR) is 110 cm³/mol. The number of nitrogens with zero attached hydrogens (tertiary/aromatic N) is 1. The largest absolute Gasteiger partial charge is 0.356 e. The van der Waals surface area contributed by atoms with Crippen molar-refractivity contribution in [2.24, 2.45) is 10.9 Å². The second-order valence-electron chi connectivity index (χ2n) is 6.04. The van der Waals surface area contributed by atoms with E-state index in [1.807, 2.05) is 0 Å². The van der Waals surface area contributed by atoms with Crippen molar-refractivity contribution >= 4 is 40.0 Å². The molecule has 0 bridgehead atoms. The summed E-state index contributed by atoms with van der Waals surface area (Å²) in [4.78, 5) is 4.15. The number of guanidine groups is 1. The molecule has 0 fully saturated rings. The van der Waals surface area contributed by atoms with E-state index in [0.29, 0.717) is 13.1 Å². The molecular weight excluding hydrogens is 427 g/mol. The monoisotopic (exact) mass is 462 g/mol. The van der Waals surface area contributed by atoms with Crippen LogP contribution in [0.2, 0.25) is 0 Å². The van der Waals surface area contributed by atoms with Gasteiger partial charge in [0, 0.05) is 26.7 Å². The quantitative estimate of drug-likeness (QED) is 0.180. The van der Waals surface area contributed by atoms with Gasteiger partial charge >= 0.3 is 0 Å². The molecule has 0 amide bonds. The predicted octanol–water partition coefficient (Wildman–Crippen LogP) is 2.32. The molecule has 0 rings (SSSR count). The van der Waals surface area contributed by atoms with Crippen molar-refractivity contribution in [2.45, 2.75) is 52.4 Å². The summed E-state index contributed by atoms with van der Waals surface area (Å²) in [6.45, 7) is 6.59. The highest BCUT2D eigenvalue weighted by atomic mass is 127. The van der Waals surface area contributed by atoms with Gasteiger partial charge in [-0.3, -0.25) is 4.99 Å². The van der Waals surface area contributed by atoms with E-state index >= 15 is 0 Å². The second kappa shape index (κ2) is 15.4. The van der Waals surface area contributed by atoms with Crippen molar-refractivity contribution in [3.63, 3.8) is 0 Å². The number of rotatable bonds is 12. The molecule has 0 radical (unpaired) electrons. The van der Waals surface area contributed by atoms with Crippen molar-refractivity contribution in [2.75, 3.05) is 32.9 Å². The molecule has 23 heavy (non-hydrogen) atoms. The van der Waals surface area contributed by atoms with Gasteiger partial charge in [0.1, 0.15) is 0 Å². The smallest absolute Gasteiger partial charge is 0.208 e. The fourth-order valence-corrected chi connectivity index (χ4v) is 2.53. The van der Waals surface area contributed by atoms with E-state index in [9.17, 15) is 8.42 Å². The SMILES string of the molecule is CN=C(NCCCCCCC(C)C)NCCCNS(C)(=O)=O.I. The molecule has 0 aliphatic heterocycles. The molecule has 8 heteroatoms. The van der Waals surface area contributed by atoms with Gasteiger partial charge in [-0.05, 0) is 18.8 Å². The third-order valence-electron chi connectivity index (χ3n) is 3.23. The first-order valence-corrected chi connectivity index (χ1v) is 10.1. The normalized spacial score (nSPS) is 12.1. The van der Waals surface area contributed by atoms with Gasteiger partial charge in [-0.25, -0.2) is 13.1 Å². The number of unbranched alkanes of at least 4 members (excludes halogenated alkanes) is 3. The van der Waals surface area contributed by atoms with Crippen LogP contribution in [0, 0.1) is 5.92 Å². The fourth-order valence-electron chi connectivity index (χ4n) is 2.01. The molecule has 0 aliphatic carbocycles. The van der Waals surface area contributed by atoms with Crippen LogP contribution in [0.25, 0.3) is 0 Å². The van der Waals surface area contributed by atoms with Crippen LogP contribution in [-0.2, 0) is 10.0 Å². The van der Waals surface area contributed by atoms with Gasteiger partial charge in [0.25, 0.3) is 0 Å². The average Bonchev–Trinajstić information content (AvgIpc) is 2.42. The number of sulfonamides is 1. The Hall–Kier alpha value is -0.0900. The van der Waals surface area contributed by atoms with Gasteiger partial charge in [-0.2, -0.15) is 0 Å². The lowest BCUT2D eigenvalue weighted by Crippen LogP contribution is -2.39. The number of hydrogen-bond acceptors (Lipinski definition) is 3. The second-order valence-corrected chi connectivity index (χ2v) is 7.88. The third kappa shape index (κ3) is 19.9. The molecule has 0 unspecified atom stereocenters. The summed E-state index contributed by atoms with van der Waals surface area (Å²) < 4.78 is 24.3. The molecule has 140 valence electrons. The maximum absolute atomic E-state index is 10.9. The van der Waals surface area contributed by atoms with E-state index in [2.05, 4.69) is 34.2 Å². The Balaban J connectivity index is 0. The van der Waals surface area contributed by atoms with Gasteiger partial charge in [0.05, 0.1) is 6.26 Å². The molecule has 0 aliphatic rings. The fraction of sp³-hybridized carbons (Fsp3) is 0.933. The summed E-state index contributed by atoms with van der Waals surface area (Å²) in [6.07, 6.45) is 8.22. The minimum absolute atomic E-state index is 0. The summed E-state index contributed by atoms with van der Waals surface area (Å²) in [5, 5.41) is 6.45. The Morgan fingerprint density at radius 2 is 1.52 bits per heavy atom. The van der Waals surface area contributed by atoms with E-state index in [-0.39, 0.29) is 24.0 Å². The Bertz CT molecular complexity index is 400. The molecule has 0 aromatic heterocycles. The van der Waals surface area contributed by atoms with Crippen molar-refractivity contribution in [3.8, 4) is 0 Å². The van der Waals surface area contributed by atoms with E-state index < -0.39 is 10.0 Å². The molecule has 0 saturated carbocycles. The minimum Gasteiger partial charge on any atom is -0.356 e. The molecule has 0 atom stereocenters. The molecule has 0 heterocycles. The standard InChI is InChI=1S/C15H34N4O2S.HI/c1-14(2)10-7-5-6-8-11-17-15(16-3)18-12-9-13-19-22(4,20)21;/h14,19H,5-13H2,1-4H3,(H2,16,17,18);1H. The molecule has 6 nitrogen and oxygen atoms in total. The highest BCUT2D eigenvalue weighted by molar-refractivity contribution is 14.0. The molecule has 0 saturated heterocycles. The van der Waals surface area contributed by atoms with Gasteiger partial charge in [-0.15, -0.1) is 24.0 Å². The Labute approximate surface area is 159 Å². The lowest BCUT2D eigenvalue weighted by molar-refractivity contribution is 0.518. The summed E-state index contributed by atoms with van der Waals surface area (Å²) in [6, 6.07) is 0. The van der Waals surface area contributed by atoms with Crippen molar-refractivity contribution < 1.29 is 8.42 Å². The van der Waals surface area contributed by atoms with E-state index in [0.717, 1.165) is 31.3 Å². The van der Waals surface area contributed by atoms with E-state index in [4.69, 9.17) is 0 Å². The van der Waals surface area contributed by atoms with Crippen molar-refractivity contribution in [1.29, 1.82) is 0 Å². The molecule has 0 aromatic rings. The zero-order chi connectivity index (χ0) is 16.8. The van der Waals surface area contributed by atoms with Crippen LogP contribution in [0.3, 0.4) is 0 Å². The van der Waals surface area contributed by atoms with Crippen LogP contribution in [0.1, 0.15) is 52.4 Å². The summed E-state index contributed by atoms with van der Waals surface area (Å²) in [5.74, 6) is 1.58. The first-order chi connectivity index (χ1) is 10.3. The first-order valence-electron chi connectivity index (χ1n) is 8.24. The Kier molecular flexibility index (Phi) is 16.9. The van der Waals surface area contributed by atoms with Crippen molar-refractivity contribution in [1.82, 2.24) is 15.4 Å².